The monoisotopic (exact) mass is 424 g/mol. The molecule has 0 saturated carbocycles. The summed E-state index contributed by atoms with van der Waals surface area (Å²) in [5, 5.41) is 0. The summed E-state index contributed by atoms with van der Waals surface area (Å²) in [6.45, 7) is 7.13. The number of halogens is 1. The Morgan fingerprint density at radius 3 is 2.20 bits per heavy atom. The predicted molar refractivity (Wildman–Crippen MR) is 132 cm³/mol. The number of hydrogen-bond donors (Lipinski definition) is 0. The average molecular weight is 425 g/mol. The fourth-order valence-corrected chi connectivity index (χ4v) is 9.24. The highest BCUT2D eigenvalue weighted by molar-refractivity contribution is 6.78. The SMILES string of the molecule is CCCCC[Si@]1(C)CC[C@@H](CCc2ccc(-c3ccc(CCC)cc3)c(F)c2)CC1. The first-order chi connectivity index (χ1) is 14.5. The van der Waals surface area contributed by atoms with Gasteiger partial charge in [0.05, 0.1) is 8.07 Å². The third-order valence-corrected chi connectivity index (χ3v) is 11.9. The molecule has 1 heterocycles. The molecular formula is C28H41FSi. The minimum atomic E-state index is -0.947. The van der Waals surface area contributed by atoms with E-state index >= 15 is 0 Å². The minimum Gasteiger partial charge on any atom is -0.206 e. The quantitative estimate of drug-likeness (QED) is 0.263. The fraction of sp³-hybridized carbons (Fsp3) is 0.571. The topological polar surface area (TPSA) is 0 Å². The molecule has 3 rings (SSSR count). The lowest BCUT2D eigenvalue weighted by Gasteiger charge is -2.36. The number of unbranched alkanes of at least 4 members (excludes halogenated alkanes) is 2. The van der Waals surface area contributed by atoms with E-state index in [1.54, 1.807) is 12.1 Å². The van der Waals surface area contributed by atoms with Gasteiger partial charge >= 0.3 is 0 Å². The van der Waals surface area contributed by atoms with Gasteiger partial charge in [0.1, 0.15) is 5.82 Å². The Bertz CT molecular complexity index is 772. The van der Waals surface area contributed by atoms with Gasteiger partial charge in [0.25, 0.3) is 0 Å². The lowest BCUT2D eigenvalue weighted by Crippen LogP contribution is -2.34. The predicted octanol–water partition coefficient (Wildman–Crippen LogP) is 9.06. The van der Waals surface area contributed by atoms with Gasteiger partial charge in [-0.2, -0.15) is 0 Å². The van der Waals surface area contributed by atoms with Crippen LogP contribution in [-0.2, 0) is 12.8 Å². The molecule has 0 atom stereocenters. The molecule has 1 fully saturated rings. The van der Waals surface area contributed by atoms with Crippen molar-refractivity contribution in [2.75, 3.05) is 0 Å². The molecule has 0 N–H and O–H groups in total. The van der Waals surface area contributed by atoms with Crippen LogP contribution >= 0.6 is 0 Å². The minimum absolute atomic E-state index is 0.0738. The Hall–Kier alpha value is -1.41. The van der Waals surface area contributed by atoms with Crippen LogP contribution in [0.1, 0.15) is 69.9 Å². The molecule has 0 bridgehead atoms. The molecule has 0 spiro atoms. The Balaban J connectivity index is 1.50. The maximum atomic E-state index is 14.8. The van der Waals surface area contributed by atoms with Crippen molar-refractivity contribution >= 4 is 8.07 Å². The largest absolute Gasteiger partial charge is 0.206 e. The van der Waals surface area contributed by atoms with Crippen LogP contribution in [-0.4, -0.2) is 8.07 Å². The number of hydrogen-bond acceptors (Lipinski definition) is 0. The van der Waals surface area contributed by atoms with E-state index in [1.165, 1.54) is 56.2 Å². The van der Waals surface area contributed by atoms with Crippen LogP contribution in [0.3, 0.4) is 0 Å². The van der Waals surface area contributed by atoms with Crippen LogP contribution in [0.5, 0.6) is 0 Å². The highest BCUT2D eigenvalue weighted by Crippen LogP contribution is 2.38. The van der Waals surface area contributed by atoms with Crippen LogP contribution in [0, 0.1) is 11.7 Å². The molecule has 0 unspecified atom stereocenters. The third kappa shape index (κ3) is 6.54. The Labute approximate surface area is 185 Å². The lowest BCUT2D eigenvalue weighted by molar-refractivity contribution is 0.432. The van der Waals surface area contributed by atoms with Crippen molar-refractivity contribution in [3.63, 3.8) is 0 Å². The molecule has 2 aromatic rings. The fourth-order valence-electron chi connectivity index (χ4n) is 5.17. The van der Waals surface area contributed by atoms with Crippen molar-refractivity contribution in [2.24, 2.45) is 5.92 Å². The van der Waals surface area contributed by atoms with E-state index in [0.29, 0.717) is 0 Å². The lowest BCUT2D eigenvalue weighted by atomic mass is 9.93. The van der Waals surface area contributed by atoms with Gasteiger partial charge in [-0.1, -0.05) is 113 Å². The Morgan fingerprint density at radius 1 is 0.867 bits per heavy atom. The standard InChI is InChI=1S/C28H41FSi/c1-4-6-7-19-30(3)20-17-24(18-21-30)9-10-25-13-16-27(28(29)22-25)26-14-11-23(8-5-2)12-15-26/h11-16,22,24H,4-10,17-21H2,1-3H3/t24-,30-. The summed E-state index contributed by atoms with van der Waals surface area (Å²) in [6, 6.07) is 18.9. The third-order valence-electron chi connectivity index (χ3n) is 7.37. The van der Waals surface area contributed by atoms with Gasteiger partial charge in [-0.25, -0.2) is 4.39 Å². The number of benzene rings is 2. The van der Waals surface area contributed by atoms with Gasteiger partial charge in [0, 0.05) is 5.56 Å². The summed E-state index contributed by atoms with van der Waals surface area (Å²) >= 11 is 0. The van der Waals surface area contributed by atoms with Crippen LogP contribution in [0.2, 0.25) is 24.7 Å². The van der Waals surface area contributed by atoms with Crippen LogP contribution in [0.4, 0.5) is 4.39 Å². The first-order valence-corrected chi connectivity index (χ1v) is 15.5. The number of rotatable bonds is 10. The number of aryl methyl sites for hydroxylation is 2. The van der Waals surface area contributed by atoms with Crippen molar-refractivity contribution in [1.29, 1.82) is 0 Å². The molecule has 1 aliphatic heterocycles. The van der Waals surface area contributed by atoms with Gasteiger partial charge in [-0.05, 0) is 47.9 Å². The maximum Gasteiger partial charge on any atom is 0.131 e. The molecule has 0 amide bonds. The van der Waals surface area contributed by atoms with Crippen molar-refractivity contribution < 1.29 is 4.39 Å². The average Bonchev–Trinajstić information content (AvgIpc) is 2.75. The molecule has 0 aliphatic carbocycles. The van der Waals surface area contributed by atoms with E-state index in [4.69, 9.17) is 0 Å². The summed E-state index contributed by atoms with van der Waals surface area (Å²) in [7, 11) is -0.947. The van der Waals surface area contributed by atoms with Crippen molar-refractivity contribution in [1.82, 2.24) is 0 Å². The second-order valence-corrected chi connectivity index (χ2v) is 15.1. The summed E-state index contributed by atoms with van der Waals surface area (Å²) in [6.07, 6.45) is 11.5. The van der Waals surface area contributed by atoms with E-state index in [1.807, 2.05) is 6.07 Å². The van der Waals surface area contributed by atoms with Crippen LogP contribution in [0.15, 0.2) is 42.5 Å². The molecule has 30 heavy (non-hydrogen) atoms. The zero-order valence-electron chi connectivity index (χ0n) is 19.5. The van der Waals surface area contributed by atoms with Gasteiger partial charge < -0.3 is 0 Å². The highest BCUT2D eigenvalue weighted by Gasteiger charge is 2.32. The molecule has 164 valence electrons. The van der Waals surface area contributed by atoms with E-state index < -0.39 is 8.07 Å². The van der Waals surface area contributed by atoms with E-state index in [2.05, 4.69) is 50.7 Å². The van der Waals surface area contributed by atoms with E-state index in [0.717, 1.165) is 41.9 Å². The molecular weight excluding hydrogens is 383 g/mol. The van der Waals surface area contributed by atoms with Crippen molar-refractivity contribution in [3.05, 3.63) is 59.4 Å². The van der Waals surface area contributed by atoms with Gasteiger partial charge in [-0.15, -0.1) is 0 Å². The molecule has 1 saturated heterocycles. The first-order valence-electron chi connectivity index (χ1n) is 12.4. The van der Waals surface area contributed by atoms with E-state index in [9.17, 15) is 4.39 Å². The zero-order chi connectivity index (χ0) is 21.4. The molecule has 0 aromatic heterocycles. The van der Waals surface area contributed by atoms with Gasteiger partial charge in [0.15, 0.2) is 0 Å². The maximum absolute atomic E-state index is 14.8. The summed E-state index contributed by atoms with van der Waals surface area (Å²) < 4.78 is 14.8. The smallest absolute Gasteiger partial charge is 0.131 e. The van der Waals surface area contributed by atoms with Crippen LogP contribution in [0.25, 0.3) is 11.1 Å². The highest BCUT2D eigenvalue weighted by atomic mass is 28.3. The van der Waals surface area contributed by atoms with Crippen molar-refractivity contribution in [2.45, 2.75) is 96.3 Å². The van der Waals surface area contributed by atoms with Gasteiger partial charge in [-0.3, -0.25) is 0 Å². The zero-order valence-corrected chi connectivity index (χ0v) is 20.5. The van der Waals surface area contributed by atoms with E-state index in [-0.39, 0.29) is 5.82 Å². The second-order valence-electron chi connectivity index (χ2n) is 10.0. The van der Waals surface area contributed by atoms with Crippen molar-refractivity contribution in [3.8, 4) is 11.1 Å². The first kappa shape index (κ1) is 23.3. The second kappa shape index (κ2) is 11.3. The summed E-state index contributed by atoms with van der Waals surface area (Å²) in [5.41, 5.74) is 4.20. The molecule has 1 aliphatic rings. The normalized spacial score (nSPS) is 21.7. The van der Waals surface area contributed by atoms with Crippen LogP contribution < -0.4 is 0 Å². The Kier molecular flexibility index (Phi) is 8.74. The van der Waals surface area contributed by atoms with Gasteiger partial charge in [0.2, 0.25) is 0 Å². The summed E-state index contributed by atoms with van der Waals surface area (Å²) in [5.74, 6) is 0.779. The molecule has 0 radical (unpaired) electrons. The molecule has 2 heteroatoms. The molecule has 2 aromatic carbocycles. The summed E-state index contributed by atoms with van der Waals surface area (Å²) in [4.78, 5) is 0. The Morgan fingerprint density at radius 2 is 1.57 bits per heavy atom. The molecule has 0 nitrogen and oxygen atoms in total.